The number of carbonyl (C=O) groups excluding carboxylic acids is 1. The number of H-pyrrole nitrogens is 1. The zero-order valence-corrected chi connectivity index (χ0v) is 10.3. The fourth-order valence-electron chi connectivity index (χ4n) is 2.00. The van der Waals surface area contributed by atoms with E-state index in [0.29, 0.717) is 5.69 Å². The zero-order chi connectivity index (χ0) is 12.3. The Morgan fingerprint density at radius 1 is 1.24 bits per heavy atom. The molecular weight excluding hydrogens is 210 g/mol. The molecule has 0 spiro atoms. The number of nitrogens with one attached hydrogen (secondary N) is 1. The lowest BCUT2D eigenvalue weighted by Gasteiger charge is -2.02. The molecule has 1 heterocycles. The van der Waals surface area contributed by atoms with Gasteiger partial charge >= 0.3 is 0 Å². The third kappa shape index (κ3) is 2.64. The van der Waals surface area contributed by atoms with Gasteiger partial charge in [-0.2, -0.15) is 0 Å². The van der Waals surface area contributed by atoms with Crippen molar-refractivity contribution in [3.63, 3.8) is 0 Å². The number of Topliss-reactive ketones (excluding diaryl/α,β-unsaturated/α-hetero) is 1. The zero-order valence-electron chi connectivity index (χ0n) is 10.3. The van der Waals surface area contributed by atoms with Gasteiger partial charge in [0.15, 0.2) is 5.78 Å². The van der Waals surface area contributed by atoms with Gasteiger partial charge in [0.05, 0.1) is 5.69 Å². The van der Waals surface area contributed by atoms with E-state index in [1.807, 2.05) is 24.3 Å². The molecule has 0 aliphatic carbocycles. The van der Waals surface area contributed by atoms with Crippen molar-refractivity contribution in [1.82, 2.24) is 4.98 Å². The second-order valence-electron chi connectivity index (χ2n) is 4.26. The maximum Gasteiger partial charge on any atom is 0.175 e. The summed E-state index contributed by atoms with van der Waals surface area (Å²) >= 11 is 0. The summed E-state index contributed by atoms with van der Waals surface area (Å²) in [6.45, 7) is 3.71. The van der Waals surface area contributed by atoms with Gasteiger partial charge in [-0.1, -0.05) is 37.3 Å². The Morgan fingerprint density at radius 2 is 1.94 bits per heavy atom. The molecule has 0 saturated heterocycles. The number of rotatable bonds is 4. The highest BCUT2D eigenvalue weighted by molar-refractivity contribution is 5.92. The molecule has 0 fully saturated rings. The van der Waals surface area contributed by atoms with Gasteiger partial charge < -0.3 is 4.98 Å². The normalized spacial score (nSPS) is 10.5. The molecule has 1 aromatic carbocycles. The summed E-state index contributed by atoms with van der Waals surface area (Å²) in [5, 5.41) is 0. The molecule has 0 saturated carbocycles. The Kier molecular flexibility index (Phi) is 3.43. The van der Waals surface area contributed by atoms with E-state index in [1.165, 1.54) is 11.1 Å². The predicted molar refractivity (Wildman–Crippen MR) is 69.4 cm³/mol. The van der Waals surface area contributed by atoms with Gasteiger partial charge in [-0.15, -0.1) is 0 Å². The standard InChI is InChI=1S/C15H17NO/c1-3-13-10-14(11(2)17)16-15(13)9-12-7-5-4-6-8-12/h4-8,10,16H,3,9H2,1-2H3. The van der Waals surface area contributed by atoms with Crippen LogP contribution in [0.15, 0.2) is 36.4 Å². The summed E-state index contributed by atoms with van der Waals surface area (Å²) in [7, 11) is 0. The number of aryl methyl sites for hydroxylation is 1. The molecule has 0 bridgehead atoms. The molecule has 1 aromatic heterocycles. The number of hydrogen-bond donors (Lipinski definition) is 1. The highest BCUT2D eigenvalue weighted by Crippen LogP contribution is 2.16. The first-order valence-electron chi connectivity index (χ1n) is 5.96. The number of benzene rings is 1. The van der Waals surface area contributed by atoms with E-state index in [4.69, 9.17) is 0 Å². The second kappa shape index (κ2) is 5.00. The molecule has 0 aliphatic heterocycles. The van der Waals surface area contributed by atoms with E-state index in [-0.39, 0.29) is 5.78 Å². The highest BCUT2D eigenvalue weighted by atomic mass is 16.1. The quantitative estimate of drug-likeness (QED) is 0.798. The van der Waals surface area contributed by atoms with Crippen LogP contribution in [-0.2, 0) is 12.8 Å². The molecule has 0 atom stereocenters. The molecule has 2 aromatic rings. The molecule has 2 heteroatoms. The van der Waals surface area contributed by atoms with Crippen LogP contribution in [0.4, 0.5) is 0 Å². The SMILES string of the molecule is CCc1cc(C(C)=O)[nH]c1Cc1ccccc1. The molecule has 0 radical (unpaired) electrons. The first kappa shape index (κ1) is 11.6. The van der Waals surface area contributed by atoms with Crippen LogP contribution in [0, 0.1) is 0 Å². The molecule has 88 valence electrons. The Hall–Kier alpha value is -1.83. The molecule has 17 heavy (non-hydrogen) atoms. The van der Waals surface area contributed by atoms with Gasteiger partial charge in [0.2, 0.25) is 0 Å². The van der Waals surface area contributed by atoms with Crippen LogP contribution in [0.1, 0.15) is 41.2 Å². The van der Waals surface area contributed by atoms with Crippen molar-refractivity contribution in [3.05, 3.63) is 58.9 Å². The molecule has 0 aliphatic rings. The second-order valence-corrected chi connectivity index (χ2v) is 4.26. The third-order valence-electron chi connectivity index (χ3n) is 2.98. The minimum atomic E-state index is 0.0963. The van der Waals surface area contributed by atoms with Crippen molar-refractivity contribution in [3.8, 4) is 0 Å². The van der Waals surface area contributed by atoms with E-state index < -0.39 is 0 Å². The first-order chi connectivity index (χ1) is 8.20. The summed E-state index contributed by atoms with van der Waals surface area (Å²) in [4.78, 5) is 14.6. The predicted octanol–water partition coefficient (Wildman–Crippen LogP) is 3.37. The van der Waals surface area contributed by atoms with Gasteiger partial charge in [-0.05, 0) is 23.6 Å². The van der Waals surface area contributed by atoms with Gasteiger partial charge in [-0.25, -0.2) is 0 Å². The van der Waals surface area contributed by atoms with Crippen LogP contribution in [-0.4, -0.2) is 10.8 Å². The molecule has 2 rings (SSSR count). The van der Waals surface area contributed by atoms with Crippen molar-refractivity contribution in [2.75, 3.05) is 0 Å². The van der Waals surface area contributed by atoms with Crippen LogP contribution < -0.4 is 0 Å². The molecule has 1 N–H and O–H groups in total. The third-order valence-corrected chi connectivity index (χ3v) is 2.98. The number of carbonyl (C=O) groups is 1. The largest absolute Gasteiger partial charge is 0.355 e. The average molecular weight is 227 g/mol. The van der Waals surface area contributed by atoms with Gasteiger partial charge in [0, 0.05) is 19.0 Å². The Labute approximate surface area is 102 Å². The van der Waals surface area contributed by atoms with Crippen LogP contribution in [0.3, 0.4) is 0 Å². The average Bonchev–Trinajstić information content (AvgIpc) is 2.74. The lowest BCUT2D eigenvalue weighted by atomic mass is 10.1. The van der Waals surface area contributed by atoms with Gasteiger partial charge in [0.25, 0.3) is 0 Å². The Morgan fingerprint density at radius 3 is 2.53 bits per heavy atom. The topological polar surface area (TPSA) is 32.9 Å². The van der Waals surface area contributed by atoms with Gasteiger partial charge in [-0.3, -0.25) is 4.79 Å². The summed E-state index contributed by atoms with van der Waals surface area (Å²) in [5.74, 6) is 0.0963. The molecular formula is C15H17NO. The number of hydrogen-bond acceptors (Lipinski definition) is 1. The number of ketones is 1. The van der Waals surface area contributed by atoms with Crippen LogP contribution in [0.25, 0.3) is 0 Å². The van der Waals surface area contributed by atoms with Crippen molar-refractivity contribution in [2.24, 2.45) is 0 Å². The van der Waals surface area contributed by atoms with Crippen LogP contribution >= 0.6 is 0 Å². The maximum absolute atomic E-state index is 11.3. The van der Waals surface area contributed by atoms with Gasteiger partial charge in [0.1, 0.15) is 0 Å². The monoisotopic (exact) mass is 227 g/mol. The van der Waals surface area contributed by atoms with Crippen molar-refractivity contribution in [2.45, 2.75) is 26.7 Å². The Balaban J connectivity index is 2.29. The fraction of sp³-hybridized carbons (Fsp3) is 0.267. The van der Waals surface area contributed by atoms with E-state index in [9.17, 15) is 4.79 Å². The van der Waals surface area contributed by atoms with Crippen molar-refractivity contribution in [1.29, 1.82) is 0 Å². The van der Waals surface area contributed by atoms with E-state index >= 15 is 0 Å². The first-order valence-corrected chi connectivity index (χ1v) is 5.96. The highest BCUT2D eigenvalue weighted by Gasteiger charge is 2.09. The number of aromatic amines is 1. The minimum Gasteiger partial charge on any atom is -0.355 e. The number of aromatic nitrogens is 1. The molecule has 0 amide bonds. The summed E-state index contributed by atoms with van der Waals surface area (Å²) < 4.78 is 0. The van der Waals surface area contributed by atoms with Crippen LogP contribution in [0.5, 0.6) is 0 Å². The van der Waals surface area contributed by atoms with E-state index in [0.717, 1.165) is 18.5 Å². The lowest BCUT2D eigenvalue weighted by molar-refractivity contribution is 0.101. The lowest BCUT2D eigenvalue weighted by Crippen LogP contribution is -1.94. The smallest absolute Gasteiger partial charge is 0.175 e. The minimum absolute atomic E-state index is 0.0963. The van der Waals surface area contributed by atoms with Crippen LogP contribution in [0.2, 0.25) is 0 Å². The molecule has 0 unspecified atom stereocenters. The fourth-order valence-corrected chi connectivity index (χ4v) is 2.00. The van der Waals surface area contributed by atoms with Crippen molar-refractivity contribution < 1.29 is 4.79 Å². The van der Waals surface area contributed by atoms with E-state index in [1.54, 1.807) is 6.92 Å². The van der Waals surface area contributed by atoms with E-state index in [2.05, 4.69) is 24.0 Å². The molecule has 2 nitrogen and oxygen atoms in total. The summed E-state index contributed by atoms with van der Waals surface area (Å²) in [6.07, 6.45) is 1.81. The Bertz CT molecular complexity index is 511. The summed E-state index contributed by atoms with van der Waals surface area (Å²) in [6, 6.07) is 12.3. The maximum atomic E-state index is 11.3. The van der Waals surface area contributed by atoms with Crippen molar-refractivity contribution >= 4 is 5.78 Å². The summed E-state index contributed by atoms with van der Waals surface area (Å²) in [5.41, 5.74) is 4.37.